The van der Waals surface area contributed by atoms with Crippen LogP contribution in [0.4, 0.5) is 5.82 Å². The number of pyridine rings is 1. The second-order valence-electron chi connectivity index (χ2n) is 8.28. The fourth-order valence-corrected chi connectivity index (χ4v) is 6.06. The number of anilines is 1. The number of aromatic nitrogens is 3. The summed E-state index contributed by atoms with van der Waals surface area (Å²) in [4.78, 5) is 7.45. The van der Waals surface area contributed by atoms with E-state index in [1.807, 2.05) is 0 Å². The van der Waals surface area contributed by atoms with Gasteiger partial charge in [0.1, 0.15) is 35.6 Å². The maximum Gasteiger partial charge on any atom is 0.142 e. The summed E-state index contributed by atoms with van der Waals surface area (Å²) in [6.07, 6.45) is 1.76. The van der Waals surface area contributed by atoms with E-state index in [0.29, 0.717) is 5.02 Å². The Kier molecular flexibility index (Phi) is 5.97. The average Bonchev–Trinajstić information content (AvgIpc) is 3.09. The molecule has 3 aliphatic heterocycles. The lowest BCUT2D eigenvalue weighted by molar-refractivity contribution is -0.178. The molecule has 3 saturated heterocycles. The van der Waals surface area contributed by atoms with E-state index in [-0.39, 0.29) is 12.0 Å². The van der Waals surface area contributed by atoms with E-state index in [1.165, 1.54) is 16.4 Å². The lowest BCUT2D eigenvalue weighted by Crippen LogP contribution is -2.66. The van der Waals surface area contributed by atoms with Crippen LogP contribution in [0.15, 0.2) is 34.0 Å². The quantitative estimate of drug-likeness (QED) is 0.523. The average molecular weight is 534 g/mol. The Morgan fingerprint density at radius 1 is 1.26 bits per heavy atom. The lowest BCUT2D eigenvalue weighted by atomic mass is 9.78. The summed E-state index contributed by atoms with van der Waals surface area (Å²) < 4.78 is 13.4. The molecule has 0 radical (unpaired) electrons. The molecule has 0 saturated carbocycles. The second kappa shape index (κ2) is 8.45. The van der Waals surface area contributed by atoms with Gasteiger partial charge in [-0.3, -0.25) is 4.68 Å². The summed E-state index contributed by atoms with van der Waals surface area (Å²) in [6, 6.07) is 1.01. The van der Waals surface area contributed by atoms with Gasteiger partial charge in [0.15, 0.2) is 0 Å². The fourth-order valence-electron chi connectivity index (χ4n) is 4.30. The van der Waals surface area contributed by atoms with Crippen LogP contribution in [0.5, 0.6) is 0 Å². The molecule has 3 fully saturated rings. The number of halogens is 2. The molecule has 2 unspecified atom stereocenters. The SMILES string of the molecule is OCC1O[C@H](Sc2cc(Cl)cnc2N2CC3(COC3)C2)C(O)[C@@H](n2cc(Br)cn2)[C@H]1O. The third kappa shape index (κ3) is 3.99. The molecule has 0 amide bonds. The standard InChI is InChI=1S/C19H22BrClN4O5S/c20-10-2-23-25(4-10)14-15(27)12(5-26)30-18(16(14)28)31-13-1-11(21)3-22-17(13)24-6-19(7-24)8-29-9-19/h1-4,12,14-16,18,26-28H,5-9H2/t12?,14-,15-,16?,18+/m0/s1. The first-order valence-electron chi connectivity index (χ1n) is 9.86. The molecule has 9 nitrogen and oxygen atoms in total. The van der Waals surface area contributed by atoms with Gasteiger partial charge < -0.3 is 29.7 Å². The highest BCUT2D eigenvalue weighted by Gasteiger charge is 2.50. The van der Waals surface area contributed by atoms with Gasteiger partial charge in [0.2, 0.25) is 0 Å². The van der Waals surface area contributed by atoms with Crippen LogP contribution in [-0.4, -0.2) is 86.7 Å². The van der Waals surface area contributed by atoms with E-state index in [1.54, 1.807) is 24.7 Å². The number of hydrogen-bond acceptors (Lipinski definition) is 9. The highest BCUT2D eigenvalue weighted by molar-refractivity contribution is 9.10. The zero-order valence-electron chi connectivity index (χ0n) is 16.3. The number of hydrogen-bond donors (Lipinski definition) is 3. The van der Waals surface area contributed by atoms with Crippen molar-refractivity contribution in [2.75, 3.05) is 37.8 Å². The van der Waals surface area contributed by atoms with Crippen LogP contribution < -0.4 is 4.90 Å². The summed E-state index contributed by atoms with van der Waals surface area (Å²) in [5, 5.41) is 36.2. The van der Waals surface area contributed by atoms with E-state index in [9.17, 15) is 15.3 Å². The largest absolute Gasteiger partial charge is 0.394 e. The third-order valence-electron chi connectivity index (χ3n) is 5.94. The normalized spacial score (nSPS) is 32.0. The van der Waals surface area contributed by atoms with Gasteiger partial charge in [0.05, 0.1) is 45.8 Å². The summed E-state index contributed by atoms with van der Waals surface area (Å²) in [5.74, 6) is 0.771. The Morgan fingerprint density at radius 2 is 2.03 bits per heavy atom. The van der Waals surface area contributed by atoms with Crippen LogP contribution in [-0.2, 0) is 9.47 Å². The molecule has 0 bridgehead atoms. The van der Waals surface area contributed by atoms with Crippen molar-refractivity contribution in [2.24, 2.45) is 5.41 Å². The summed E-state index contributed by atoms with van der Waals surface area (Å²) in [7, 11) is 0. The summed E-state index contributed by atoms with van der Waals surface area (Å²) >= 11 is 10.8. The molecule has 168 valence electrons. The first-order chi connectivity index (χ1) is 14.9. The summed E-state index contributed by atoms with van der Waals surface area (Å²) in [6.45, 7) is 2.85. The van der Waals surface area contributed by atoms with Gasteiger partial charge in [-0.2, -0.15) is 5.10 Å². The van der Waals surface area contributed by atoms with Crippen molar-refractivity contribution in [3.63, 3.8) is 0 Å². The van der Waals surface area contributed by atoms with Crippen LogP contribution in [0, 0.1) is 5.41 Å². The van der Waals surface area contributed by atoms with Gasteiger partial charge >= 0.3 is 0 Å². The number of rotatable bonds is 5. The van der Waals surface area contributed by atoms with Gasteiger partial charge in [-0.15, -0.1) is 0 Å². The van der Waals surface area contributed by atoms with Gasteiger partial charge in [0, 0.05) is 25.5 Å². The molecule has 5 atom stereocenters. The molecule has 2 aromatic heterocycles. The Morgan fingerprint density at radius 3 is 2.65 bits per heavy atom. The molecule has 0 aliphatic carbocycles. The molecule has 3 aliphatic rings. The highest BCUT2D eigenvalue weighted by Crippen LogP contribution is 2.45. The number of nitrogens with zero attached hydrogens (tertiary/aromatic N) is 4. The third-order valence-corrected chi connectivity index (χ3v) is 7.73. The monoisotopic (exact) mass is 532 g/mol. The maximum absolute atomic E-state index is 11.1. The smallest absolute Gasteiger partial charge is 0.142 e. The Labute approximate surface area is 196 Å². The first kappa shape index (κ1) is 21.9. The molecule has 5 rings (SSSR count). The Balaban J connectivity index is 1.40. The van der Waals surface area contributed by atoms with E-state index < -0.39 is 29.8 Å². The van der Waals surface area contributed by atoms with E-state index in [4.69, 9.17) is 21.1 Å². The van der Waals surface area contributed by atoms with Crippen LogP contribution in [0.25, 0.3) is 0 Å². The summed E-state index contributed by atoms with van der Waals surface area (Å²) in [5.41, 5.74) is -0.552. The molecule has 12 heteroatoms. The van der Waals surface area contributed by atoms with E-state index in [2.05, 4.69) is 30.9 Å². The minimum absolute atomic E-state index is 0.217. The van der Waals surface area contributed by atoms with Gasteiger partial charge in [-0.05, 0) is 22.0 Å². The fraction of sp³-hybridized carbons (Fsp3) is 0.579. The van der Waals surface area contributed by atoms with Crippen LogP contribution in [0.3, 0.4) is 0 Å². The van der Waals surface area contributed by atoms with Crippen molar-refractivity contribution >= 4 is 45.1 Å². The maximum atomic E-state index is 11.1. The molecule has 5 heterocycles. The molecule has 31 heavy (non-hydrogen) atoms. The van der Waals surface area contributed by atoms with Gasteiger partial charge in [-0.1, -0.05) is 23.4 Å². The molecule has 1 spiro atoms. The predicted molar refractivity (Wildman–Crippen MR) is 117 cm³/mol. The number of aliphatic hydroxyl groups excluding tert-OH is 3. The van der Waals surface area contributed by atoms with Crippen molar-refractivity contribution in [1.29, 1.82) is 0 Å². The predicted octanol–water partition coefficient (Wildman–Crippen LogP) is 1.30. The Hall–Kier alpha value is -0.920. The number of thioether (sulfide) groups is 1. The minimum atomic E-state index is -1.13. The van der Waals surface area contributed by atoms with Crippen molar-refractivity contribution in [3.05, 3.63) is 34.2 Å². The molecular weight excluding hydrogens is 512 g/mol. The zero-order valence-corrected chi connectivity index (χ0v) is 19.5. The zero-order chi connectivity index (χ0) is 21.8. The number of aliphatic hydroxyl groups is 3. The van der Waals surface area contributed by atoms with Crippen molar-refractivity contribution in [2.45, 2.75) is 34.7 Å². The highest BCUT2D eigenvalue weighted by atomic mass is 79.9. The molecule has 0 aromatic carbocycles. The van der Waals surface area contributed by atoms with Crippen molar-refractivity contribution in [3.8, 4) is 0 Å². The topological polar surface area (TPSA) is 113 Å². The second-order valence-corrected chi connectivity index (χ2v) is 10.8. The van der Waals surface area contributed by atoms with Crippen molar-refractivity contribution in [1.82, 2.24) is 14.8 Å². The van der Waals surface area contributed by atoms with Crippen LogP contribution >= 0.6 is 39.3 Å². The van der Waals surface area contributed by atoms with Crippen molar-refractivity contribution < 1.29 is 24.8 Å². The number of ether oxygens (including phenoxy) is 2. The molecular formula is C19H22BrClN4O5S. The van der Waals surface area contributed by atoms with Gasteiger partial charge in [-0.25, -0.2) is 4.98 Å². The Bertz CT molecular complexity index is 955. The van der Waals surface area contributed by atoms with Crippen LogP contribution in [0.2, 0.25) is 5.02 Å². The molecule has 2 aromatic rings. The van der Waals surface area contributed by atoms with Crippen LogP contribution in [0.1, 0.15) is 6.04 Å². The van der Waals surface area contributed by atoms with E-state index in [0.717, 1.165) is 41.5 Å². The lowest BCUT2D eigenvalue weighted by Gasteiger charge is -2.55. The minimum Gasteiger partial charge on any atom is -0.394 e. The molecule has 3 N–H and O–H groups in total. The van der Waals surface area contributed by atoms with E-state index >= 15 is 0 Å². The van der Waals surface area contributed by atoms with Gasteiger partial charge in [0.25, 0.3) is 0 Å². The first-order valence-corrected chi connectivity index (χ1v) is 11.9.